The lowest BCUT2D eigenvalue weighted by molar-refractivity contribution is -0.133. The molecule has 0 saturated heterocycles. The van der Waals surface area contributed by atoms with Crippen LogP contribution in [0.25, 0.3) is 11.0 Å². The lowest BCUT2D eigenvalue weighted by Crippen LogP contribution is -2.31. The lowest BCUT2D eigenvalue weighted by Gasteiger charge is -2.39. The van der Waals surface area contributed by atoms with E-state index in [4.69, 9.17) is 5.11 Å². The van der Waals surface area contributed by atoms with Crippen molar-refractivity contribution in [3.8, 4) is 0 Å². The molecule has 0 radical (unpaired) electrons. The van der Waals surface area contributed by atoms with Crippen LogP contribution in [0.1, 0.15) is 26.2 Å². The number of fused-ring (bicyclic) bond motifs is 1. The second kappa shape index (κ2) is 5.65. The number of carboxylic acid groups (broad SMARTS) is 1. The summed E-state index contributed by atoms with van der Waals surface area (Å²) in [4.78, 5) is 15.5. The van der Waals surface area contributed by atoms with Crippen LogP contribution in [0.4, 0.5) is 0 Å². The highest BCUT2D eigenvalue weighted by atomic mass is 79.9. The van der Waals surface area contributed by atoms with Crippen molar-refractivity contribution < 1.29 is 9.90 Å². The highest BCUT2D eigenvalue weighted by molar-refractivity contribution is 9.10. The van der Waals surface area contributed by atoms with E-state index in [-0.39, 0.29) is 5.75 Å². The number of aromatic nitrogens is 2. The molecule has 0 amide bonds. The topological polar surface area (TPSA) is 55.1 Å². The van der Waals surface area contributed by atoms with E-state index in [1.54, 1.807) is 0 Å². The SMILES string of the molecule is CC1(Cn2c(SCC(=O)O)nc3ccc(Br)cc32)CCC1. The number of carboxylic acids is 1. The van der Waals surface area contributed by atoms with E-state index in [0.29, 0.717) is 5.41 Å². The molecule has 1 aromatic carbocycles. The molecule has 112 valence electrons. The predicted molar refractivity (Wildman–Crippen MR) is 87.8 cm³/mol. The Bertz CT molecular complexity index is 694. The molecule has 4 nitrogen and oxygen atoms in total. The van der Waals surface area contributed by atoms with Gasteiger partial charge in [-0.1, -0.05) is 41.0 Å². The average molecular weight is 369 g/mol. The number of halogens is 1. The summed E-state index contributed by atoms with van der Waals surface area (Å²) < 4.78 is 3.21. The van der Waals surface area contributed by atoms with Crippen molar-refractivity contribution in [1.82, 2.24) is 9.55 Å². The average Bonchev–Trinajstić information content (AvgIpc) is 2.72. The number of aliphatic carboxylic acids is 1. The minimum Gasteiger partial charge on any atom is -0.481 e. The number of hydrogen-bond acceptors (Lipinski definition) is 3. The van der Waals surface area contributed by atoms with Crippen LogP contribution in [-0.2, 0) is 11.3 Å². The molecule has 21 heavy (non-hydrogen) atoms. The first-order valence-electron chi connectivity index (χ1n) is 6.97. The van der Waals surface area contributed by atoms with E-state index in [2.05, 4.69) is 38.5 Å². The minimum absolute atomic E-state index is 0.0429. The van der Waals surface area contributed by atoms with Gasteiger partial charge >= 0.3 is 5.97 Å². The summed E-state index contributed by atoms with van der Waals surface area (Å²) in [6, 6.07) is 6.01. The smallest absolute Gasteiger partial charge is 0.313 e. The first kappa shape index (κ1) is 14.9. The molecule has 1 aliphatic carbocycles. The van der Waals surface area contributed by atoms with Crippen molar-refractivity contribution in [2.75, 3.05) is 5.75 Å². The zero-order valence-corrected chi connectivity index (χ0v) is 14.2. The zero-order valence-electron chi connectivity index (χ0n) is 11.8. The number of hydrogen-bond donors (Lipinski definition) is 1. The first-order chi connectivity index (χ1) is 9.97. The normalized spacial score (nSPS) is 16.9. The van der Waals surface area contributed by atoms with Crippen molar-refractivity contribution in [3.63, 3.8) is 0 Å². The van der Waals surface area contributed by atoms with E-state index < -0.39 is 5.97 Å². The van der Waals surface area contributed by atoms with E-state index in [1.807, 2.05) is 12.1 Å². The molecule has 3 rings (SSSR count). The van der Waals surface area contributed by atoms with Crippen LogP contribution in [-0.4, -0.2) is 26.4 Å². The van der Waals surface area contributed by atoms with Gasteiger partial charge in [0, 0.05) is 11.0 Å². The zero-order chi connectivity index (χ0) is 15.0. The summed E-state index contributed by atoms with van der Waals surface area (Å²) in [5.41, 5.74) is 2.31. The summed E-state index contributed by atoms with van der Waals surface area (Å²) in [6.45, 7) is 3.20. The molecule has 1 fully saturated rings. The molecule has 1 N–H and O–H groups in total. The van der Waals surface area contributed by atoms with E-state index >= 15 is 0 Å². The minimum atomic E-state index is -0.811. The van der Waals surface area contributed by atoms with Gasteiger partial charge < -0.3 is 9.67 Å². The second-order valence-electron chi connectivity index (χ2n) is 5.96. The van der Waals surface area contributed by atoms with Gasteiger partial charge in [0.25, 0.3) is 0 Å². The van der Waals surface area contributed by atoms with E-state index in [1.165, 1.54) is 31.0 Å². The summed E-state index contributed by atoms with van der Waals surface area (Å²) >= 11 is 4.81. The Hall–Kier alpha value is -1.01. The highest BCUT2D eigenvalue weighted by Crippen LogP contribution is 2.43. The van der Waals surface area contributed by atoms with Crippen LogP contribution in [0, 0.1) is 5.41 Å². The van der Waals surface area contributed by atoms with Gasteiger partial charge in [0.05, 0.1) is 16.8 Å². The third kappa shape index (κ3) is 3.11. The quantitative estimate of drug-likeness (QED) is 0.804. The molecule has 6 heteroatoms. The first-order valence-corrected chi connectivity index (χ1v) is 8.75. The van der Waals surface area contributed by atoms with Crippen LogP contribution in [0.15, 0.2) is 27.8 Å². The molecular weight excluding hydrogens is 352 g/mol. The number of imidazole rings is 1. The monoisotopic (exact) mass is 368 g/mol. The standard InChI is InChI=1S/C15H17BrN2O2S/c1-15(5-2-6-15)9-18-12-7-10(16)3-4-11(12)17-14(18)21-8-13(19)20/h3-4,7H,2,5-6,8-9H2,1H3,(H,19,20). The Morgan fingerprint density at radius 2 is 2.29 bits per heavy atom. The predicted octanol–water partition coefficient (Wildman–Crippen LogP) is 4.17. The third-order valence-electron chi connectivity index (χ3n) is 4.10. The molecule has 2 aromatic rings. The summed E-state index contributed by atoms with van der Waals surface area (Å²) in [7, 11) is 0. The van der Waals surface area contributed by atoms with E-state index in [9.17, 15) is 4.79 Å². The molecule has 1 saturated carbocycles. The van der Waals surface area contributed by atoms with Gasteiger partial charge in [-0.3, -0.25) is 4.79 Å². The fraction of sp³-hybridized carbons (Fsp3) is 0.467. The molecule has 1 aliphatic rings. The van der Waals surface area contributed by atoms with Crippen molar-refractivity contribution in [3.05, 3.63) is 22.7 Å². The third-order valence-corrected chi connectivity index (χ3v) is 5.55. The maximum atomic E-state index is 10.8. The molecule has 1 heterocycles. The highest BCUT2D eigenvalue weighted by Gasteiger charge is 2.33. The van der Waals surface area contributed by atoms with Gasteiger partial charge in [0.1, 0.15) is 0 Å². The van der Waals surface area contributed by atoms with Crippen molar-refractivity contribution in [2.45, 2.75) is 37.9 Å². The second-order valence-corrected chi connectivity index (χ2v) is 7.82. The van der Waals surface area contributed by atoms with Gasteiger partial charge in [0.15, 0.2) is 5.16 Å². The molecule has 0 bridgehead atoms. The molecule has 0 spiro atoms. The van der Waals surface area contributed by atoms with Gasteiger partial charge in [-0.15, -0.1) is 0 Å². The Morgan fingerprint density at radius 1 is 1.52 bits per heavy atom. The van der Waals surface area contributed by atoms with Crippen LogP contribution in [0.2, 0.25) is 0 Å². The van der Waals surface area contributed by atoms with Crippen molar-refractivity contribution in [2.24, 2.45) is 5.41 Å². The van der Waals surface area contributed by atoms with Gasteiger partial charge in [0.2, 0.25) is 0 Å². The van der Waals surface area contributed by atoms with Gasteiger partial charge in [-0.05, 0) is 36.5 Å². The number of carbonyl (C=O) groups is 1. The fourth-order valence-electron chi connectivity index (χ4n) is 2.78. The molecule has 1 aromatic heterocycles. The van der Waals surface area contributed by atoms with Gasteiger partial charge in [-0.2, -0.15) is 0 Å². The summed E-state index contributed by atoms with van der Waals surface area (Å²) in [5.74, 6) is -0.768. The number of rotatable bonds is 5. The maximum Gasteiger partial charge on any atom is 0.313 e. The number of nitrogens with zero attached hydrogens (tertiary/aromatic N) is 2. The summed E-state index contributed by atoms with van der Waals surface area (Å²) in [6.07, 6.45) is 3.73. The Balaban J connectivity index is 2.00. The summed E-state index contributed by atoms with van der Waals surface area (Å²) in [5, 5.41) is 9.71. The number of benzene rings is 1. The largest absolute Gasteiger partial charge is 0.481 e. The maximum absolute atomic E-state index is 10.8. The Labute approximate surface area is 136 Å². The molecule has 0 atom stereocenters. The van der Waals surface area contributed by atoms with Crippen LogP contribution < -0.4 is 0 Å². The van der Waals surface area contributed by atoms with Crippen molar-refractivity contribution in [1.29, 1.82) is 0 Å². The molecular formula is C15H17BrN2O2S. The fourth-order valence-corrected chi connectivity index (χ4v) is 3.87. The van der Waals surface area contributed by atoms with Crippen molar-refractivity contribution >= 4 is 44.7 Å². The Morgan fingerprint density at radius 3 is 2.90 bits per heavy atom. The number of thioether (sulfide) groups is 1. The van der Waals surface area contributed by atoms with Crippen LogP contribution in [0.3, 0.4) is 0 Å². The van der Waals surface area contributed by atoms with E-state index in [0.717, 1.165) is 27.2 Å². The van der Waals surface area contributed by atoms with Crippen LogP contribution in [0.5, 0.6) is 0 Å². The molecule has 0 unspecified atom stereocenters. The molecule has 0 aliphatic heterocycles. The Kier molecular flexibility index (Phi) is 4.01. The lowest BCUT2D eigenvalue weighted by atomic mass is 9.70. The van der Waals surface area contributed by atoms with Crippen LogP contribution >= 0.6 is 27.7 Å². The van der Waals surface area contributed by atoms with Gasteiger partial charge in [-0.25, -0.2) is 4.98 Å².